The third kappa shape index (κ3) is 7.91. The van der Waals surface area contributed by atoms with E-state index in [9.17, 15) is 28.1 Å². The number of carbonyl (C=O) groups is 2. The smallest absolute Gasteiger partial charge is 0.417 e. The number of nitro groups is 1. The molecule has 15 heteroatoms. The first-order valence-corrected chi connectivity index (χ1v) is 17.7. The van der Waals surface area contributed by atoms with Gasteiger partial charge in [-0.25, -0.2) is 27.7 Å². The molecule has 0 unspecified atom stereocenters. The molecule has 13 nitrogen and oxygen atoms in total. The number of hydrogen-bond acceptors (Lipinski definition) is 10. The Morgan fingerprint density at radius 1 is 1.00 bits per heavy atom. The highest BCUT2D eigenvalue weighted by Crippen LogP contribution is 2.55. The van der Waals surface area contributed by atoms with E-state index >= 15 is 0 Å². The summed E-state index contributed by atoms with van der Waals surface area (Å²) in [7, 11) is -4.06. The number of nitro benzene ring substituents is 1. The lowest BCUT2D eigenvalue weighted by Gasteiger charge is -2.52. The minimum Gasteiger partial charge on any atom is -0.447 e. The summed E-state index contributed by atoms with van der Waals surface area (Å²) in [5, 5.41) is 17.5. The second-order valence-corrected chi connectivity index (χ2v) is 16.2. The van der Waals surface area contributed by atoms with Crippen LogP contribution in [-0.2, 0) is 20.2 Å². The zero-order chi connectivity index (χ0) is 34.2. The number of alkyl carbamates (subject to hydrolysis) is 1. The van der Waals surface area contributed by atoms with Crippen molar-refractivity contribution in [2.75, 3.05) is 5.32 Å². The van der Waals surface area contributed by atoms with E-state index in [-0.39, 0.29) is 45.2 Å². The van der Waals surface area contributed by atoms with Crippen molar-refractivity contribution < 1.29 is 32.4 Å². The van der Waals surface area contributed by atoms with Gasteiger partial charge in [-0.1, -0.05) is 6.07 Å². The molecule has 0 atom stereocenters. The molecule has 3 aliphatic carbocycles. The largest absolute Gasteiger partial charge is 0.447 e. The molecule has 3 aromatic rings. The number of nitrogens with zero attached hydrogens (tertiary/aromatic N) is 2. The van der Waals surface area contributed by atoms with E-state index < -0.39 is 26.6 Å². The average molecular weight is 686 g/mol. The fourth-order valence-corrected chi connectivity index (χ4v) is 9.13. The van der Waals surface area contributed by atoms with Gasteiger partial charge in [0.25, 0.3) is 5.69 Å². The van der Waals surface area contributed by atoms with Crippen LogP contribution in [-0.4, -0.2) is 47.7 Å². The topological polar surface area (TPSA) is 179 Å². The molecule has 3 saturated carbocycles. The molecule has 3 N–H and O–H groups in total. The molecule has 47 heavy (non-hydrogen) atoms. The van der Waals surface area contributed by atoms with E-state index in [0.29, 0.717) is 10.4 Å². The van der Waals surface area contributed by atoms with Gasteiger partial charge >= 0.3 is 12.2 Å². The predicted octanol–water partition coefficient (Wildman–Crippen LogP) is 6.89. The number of aromatic nitrogens is 1. The number of rotatable bonds is 9. The summed E-state index contributed by atoms with van der Waals surface area (Å²) in [5.41, 5.74) is -0.747. The third-order valence-electron chi connectivity index (χ3n) is 8.40. The molecular formula is C32H39N5O8S2. The van der Waals surface area contributed by atoms with Crippen molar-refractivity contribution in [3.63, 3.8) is 0 Å². The number of fused-ring (bicyclic) bond motifs is 3. The molecule has 252 valence electrons. The van der Waals surface area contributed by atoms with Crippen LogP contribution in [0.2, 0.25) is 0 Å². The van der Waals surface area contributed by atoms with Crippen molar-refractivity contribution in [1.29, 1.82) is 0 Å². The Labute approximate surface area is 277 Å². The average Bonchev–Trinajstić information content (AvgIpc) is 3.48. The fraction of sp³-hybridized carbons (Fsp3) is 0.469. The lowest BCUT2D eigenvalue weighted by Crippen LogP contribution is -2.58. The summed E-state index contributed by atoms with van der Waals surface area (Å²) in [6.07, 6.45) is 5.18. The standard InChI is InChI=1S/C32H39N5O8S2/c1-20(2)44-29(39)35-32-15-12-31(13-16-32,14-17-32)27-33-19-25(46-27)24-11-6-21(18-26(24)47(42,43)36-30(3,4)5)34-28(38)45-23-9-7-22(8-10-23)37(40)41/h6-11,18-20,36H,12-17H2,1-5H3,(H,34,38)(H,35,39). The second kappa shape index (κ2) is 12.8. The van der Waals surface area contributed by atoms with Gasteiger partial charge in [0.1, 0.15) is 5.75 Å². The minimum absolute atomic E-state index is 0.0348. The Balaban J connectivity index is 1.38. The molecule has 1 aromatic heterocycles. The van der Waals surface area contributed by atoms with E-state index in [2.05, 4.69) is 15.4 Å². The molecule has 0 radical (unpaired) electrons. The van der Waals surface area contributed by atoms with Gasteiger partial charge in [0.15, 0.2) is 0 Å². The Bertz CT molecular complexity index is 1760. The van der Waals surface area contributed by atoms with Crippen LogP contribution in [0.5, 0.6) is 5.75 Å². The number of sulfonamides is 1. The van der Waals surface area contributed by atoms with Gasteiger partial charge in [0.2, 0.25) is 10.0 Å². The summed E-state index contributed by atoms with van der Waals surface area (Å²) in [5.74, 6) is 0.0810. The predicted molar refractivity (Wildman–Crippen MR) is 177 cm³/mol. The molecule has 2 amide bonds. The number of thiazole rings is 1. The highest BCUT2D eigenvalue weighted by molar-refractivity contribution is 7.89. The monoisotopic (exact) mass is 685 g/mol. The van der Waals surface area contributed by atoms with E-state index in [1.165, 1.54) is 41.7 Å². The lowest BCUT2D eigenvalue weighted by molar-refractivity contribution is -0.384. The van der Waals surface area contributed by atoms with Crippen LogP contribution in [0.4, 0.5) is 21.0 Å². The summed E-state index contributed by atoms with van der Waals surface area (Å²) in [6, 6.07) is 9.58. The van der Waals surface area contributed by atoms with Crippen LogP contribution in [0.15, 0.2) is 53.6 Å². The normalized spacial score (nSPS) is 20.9. The molecular weight excluding hydrogens is 647 g/mol. The number of carbonyl (C=O) groups excluding carboxylic acids is 2. The molecule has 0 saturated heterocycles. The highest BCUT2D eigenvalue weighted by Gasteiger charge is 2.51. The number of non-ortho nitro benzene ring substituents is 1. The molecule has 1 heterocycles. The van der Waals surface area contributed by atoms with Crippen molar-refractivity contribution in [3.05, 3.63) is 63.8 Å². The minimum atomic E-state index is -4.06. The molecule has 3 fully saturated rings. The number of ether oxygens (including phenoxy) is 2. The Hall–Kier alpha value is -4.08. The highest BCUT2D eigenvalue weighted by atomic mass is 32.2. The van der Waals surface area contributed by atoms with Crippen molar-refractivity contribution in [3.8, 4) is 16.2 Å². The maximum Gasteiger partial charge on any atom is 0.417 e. The summed E-state index contributed by atoms with van der Waals surface area (Å²) < 4.78 is 40.7. The first kappa shape index (κ1) is 34.3. The van der Waals surface area contributed by atoms with Crippen LogP contribution >= 0.6 is 11.3 Å². The van der Waals surface area contributed by atoms with Gasteiger partial charge in [-0.2, -0.15) is 0 Å². The first-order valence-electron chi connectivity index (χ1n) is 15.4. The van der Waals surface area contributed by atoms with Gasteiger partial charge in [-0.05, 0) is 97.4 Å². The maximum absolute atomic E-state index is 13.7. The van der Waals surface area contributed by atoms with Crippen LogP contribution in [0.25, 0.3) is 10.4 Å². The Morgan fingerprint density at radius 3 is 2.21 bits per heavy atom. The first-order chi connectivity index (χ1) is 22.0. The van der Waals surface area contributed by atoms with Crippen LogP contribution in [0, 0.1) is 10.1 Å². The van der Waals surface area contributed by atoms with E-state index in [1.54, 1.807) is 39.1 Å². The number of benzene rings is 2. The van der Waals surface area contributed by atoms with E-state index in [0.717, 1.165) is 43.5 Å². The quantitative estimate of drug-likeness (QED) is 0.160. The summed E-state index contributed by atoms with van der Waals surface area (Å²) >= 11 is 1.46. The SMILES string of the molecule is CC(C)OC(=O)NC12CCC(c3ncc(-c4ccc(NC(=O)Oc5ccc([N+](=O)[O-])cc5)cc4S(=O)(=O)NC(C)(C)C)s3)(CC1)CC2. The molecule has 3 aliphatic rings. The number of amides is 2. The second-order valence-electron chi connectivity index (χ2n) is 13.5. The third-order valence-corrected chi connectivity index (χ3v) is 11.5. The van der Waals surface area contributed by atoms with Crippen molar-refractivity contribution in [2.24, 2.45) is 0 Å². The van der Waals surface area contributed by atoms with Crippen LogP contribution in [0.1, 0.15) is 78.2 Å². The number of anilines is 1. The Kier molecular flexibility index (Phi) is 9.36. The molecule has 0 aliphatic heterocycles. The molecule has 6 rings (SSSR count). The number of nitrogens with one attached hydrogen (secondary N) is 3. The van der Waals surface area contributed by atoms with E-state index in [1.807, 2.05) is 13.8 Å². The van der Waals surface area contributed by atoms with Gasteiger partial charge in [-0.3, -0.25) is 15.4 Å². The van der Waals surface area contributed by atoms with Gasteiger partial charge in [-0.15, -0.1) is 11.3 Å². The van der Waals surface area contributed by atoms with Crippen LogP contribution < -0.4 is 20.1 Å². The lowest BCUT2D eigenvalue weighted by atomic mass is 9.57. The summed E-state index contributed by atoms with van der Waals surface area (Å²) in [4.78, 5) is 40.8. The van der Waals surface area contributed by atoms with Crippen molar-refractivity contribution in [2.45, 2.75) is 101 Å². The maximum atomic E-state index is 13.7. The van der Waals surface area contributed by atoms with Gasteiger partial charge in [0.05, 0.1) is 25.8 Å². The molecule has 2 bridgehead atoms. The zero-order valence-electron chi connectivity index (χ0n) is 26.9. The Morgan fingerprint density at radius 2 is 1.64 bits per heavy atom. The van der Waals surface area contributed by atoms with Gasteiger partial charge in [0, 0.05) is 46.1 Å². The molecule has 2 aromatic carbocycles. The van der Waals surface area contributed by atoms with Crippen molar-refractivity contribution in [1.82, 2.24) is 15.0 Å². The fourth-order valence-electron chi connectivity index (χ4n) is 6.17. The number of hydrogen-bond donors (Lipinski definition) is 3. The zero-order valence-corrected chi connectivity index (χ0v) is 28.5. The van der Waals surface area contributed by atoms with Crippen molar-refractivity contribution >= 4 is 44.9 Å². The summed E-state index contributed by atoms with van der Waals surface area (Å²) in [6.45, 7) is 8.86. The van der Waals surface area contributed by atoms with E-state index in [4.69, 9.17) is 14.5 Å². The van der Waals surface area contributed by atoms with Crippen LogP contribution in [0.3, 0.4) is 0 Å². The van der Waals surface area contributed by atoms with Gasteiger partial charge < -0.3 is 14.8 Å². The molecule has 0 spiro atoms.